The molecule has 0 aliphatic carbocycles. The maximum absolute atomic E-state index is 14.1. The van der Waals surface area contributed by atoms with Gasteiger partial charge in [-0.15, -0.1) is 0 Å². The number of ether oxygens (including phenoxy) is 2. The lowest BCUT2D eigenvalue weighted by Crippen LogP contribution is -2.51. The van der Waals surface area contributed by atoms with Gasteiger partial charge in [0.15, 0.2) is 0 Å². The van der Waals surface area contributed by atoms with E-state index < -0.39 is 35.6 Å². The molecule has 42 heavy (non-hydrogen) atoms. The summed E-state index contributed by atoms with van der Waals surface area (Å²) >= 11 is 0. The summed E-state index contributed by atoms with van der Waals surface area (Å²) < 4.78 is 10.6. The molecular weight excluding hydrogens is 534 g/mol. The van der Waals surface area contributed by atoms with Crippen LogP contribution in [0.25, 0.3) is 0 Å². The summed E-state index contributed by atoms with van der Waals surface area (Å²) in [5.74, 6) is -0.564. The zero-order chi connectivity index (χ0) is 30.9. The number of terminal acetylenes is 1. The fourth-order valence-electron chi connectivity index (χ4n) is 4.19. The van der Waals surface area contributed by atoms with Crippen LogP contribution in [0.5, 0.6) is 11.5 Å². The fraction of sp³-hybridized carbons (Fsp3) is 0.303. The lowest BCUT2D eigenvalue weighted by atomic mass is 9.99. The zero-order valence-corrected chi connectivity index (χ0v) is 24.5. The predicted molar refractivity (Wildman–Crippen MR) is 161 cm³/mol. The first-order valence-electron chi connectivity index (χ1n) is 13.5. The molecule has 3 aromatic rings. The Morgan fingerprint density at radius 3 is 2.07 bits per heavy atom. The summed E-state index contributed by atoms with van der Waals surface area (Å²) in [5, 5.41) is 15.2. The molecule has 220 valence electrons. The number of rotatable bonds is 10. The molecule has 3 N–H and O–H groups in total. The van der Waals surface area contributed by atoms with Gasteiger partial charge in [-0.05, 0) is 80.3 Å². The second-order valence-electron chi connectivity index (χ2n) is 10.6. The fourth-order valence-corrected chi connectivity index (χ4v) is 4.19. The van der Waals surface area contributed by atoms with Crippen LogP contribution in [0.1, 0.15) is 50.4 Å². The van der Waals surface area contributed by atoms with Gasteiger partial charge in [-0.2, -0.15) is 0 Å². The van der Waals surface area contributed by atoms with E-state index in [1.807, 2.05) is 19.1 Å². The van der Waals surface area contributed by atoms with Gasteiger partial charge in [0.2, 0.25) is 0 Å². The van der Waals surface area contributed by atoms with Gasteiger partial charge < -0.3 is 25.2 Å². The third-order valence-corrected chi connectivity index (χ3v) is 6.31. The summed E-state index contributed by atoms with van der Waals surface area (Å²) in [4.78, 5) is 41.6. The monoisotopic (exact) mass is 571 g/mol. The van der Waals surface area contributed by atoms with Crippen LogP contribution < -0.4 is 15.4 Å². The van der Waals surface area contributed by atoms with Crippen LogP contribution in [0.2, 0.25) is 0 Å². The smallest absolute Gasteiger partial charge is 0.408 e. The zero-order valence-electron chi connectivity index (χ0n) is 24.5. The van der Waals surface area contributed by atoms with E-state index in [2.05, 4.69) is 16.7 Å². The van der Waals surface area contributed by atoms with Gasteiger partial charge in [-0.1, -0.05) is 49.7 Å². The number of anilines is 1. The third-order valence-electron chi connectivity index (χ3n) is 6.31. The Balaban J connectivity index is 2.00. The lowest BCUT2D eigenvalue weighted by Gasteiger charge is -2.30. The number of amides is 3. The van der Waals surface area contributed by atoms with Crippen LogP contribution in [0, 0.1) is 12.5 Å². The number of phenols is 1. The molecule has 0 spiro atoms. The predicted octanol–water partition coefficient (Wildman–Crippen LogP) is 5.20. The van der Waals surface area contributed by atoms with Crippen LogP contribution in [0.15, 0.2) is 72.8 Å². The van der Waals surface area contributed by atoms with Crippen molar-refractivity contribution in [3.63, 3.8) is 0 Å². The number of carbonyl (C=O) groups excluding carboxylic acids is 3. The van der Waals surface area contributed by atoms with Crippen LogP contribution in [0.4, 0.5) is 10.5 Å². The summed E-state index contributed by atoms with van der Waals surface area (Å²) in [6.45, 7) is 7.13. The minimum atomic E-state index is -1.22. The molecule has 0 saturated heterocycles. The minimum Gasteiger partial charge on any atom is -0.508 e. The number of methoxy groups -OCH3 is 1. The van der Waals surface area contributed by atoms with E-state index in [0.29, 0.717) is 22.6 Å². The van der Waals surface area contributed by atoms with Crippen molar-refractivity contribution in [2.75, 3.05) is 12.4 Å². The maximum atomic E-state index is 14.1. The van der Waals surface area contributed by atoms with Crippen LogP contribution in [0.3, 0.4) is 0 Å². The molecule has 9 heteroatoms. The van der Waals surface area contributed by atoms with E-state index in [0.717, 1.165) is 16.9 Å². The SMILES string of the molecule is C#CN(C(=O)C(Cc1ccc(O)cc1)NC(=O)OC(C)(C)C)C(C(=O)Nc1ccc(OC)cc1)c1ccc(CC)cc1. The molecule has 0 aromatic heterocycles. The number of phenolic OH excluding ortho intramolecular Hbond substituents is 1. The van der Waals surface area contributed by atoms with Gasteiger partial charge in [0.25, 0.3) is 11.8 Å². The lowest BCUT2D eigenvalue weighted by molar-refractivity contribution is -0.136. The van der Waals surface area contributed by atoms with Crippen molar-refractivity contribution < 1.29 is 29.0 Å². The Hall–Kier alpha value is -4.97. The molecule has 0 heterocycles. The van der Waals surface area contributed by atoms with Gasteiger partial charge in [-0.25, -0.2) is 4.79 Å². The summed E-state index contributed by atoms with van der Waals surface area (Å²) in [6, 6.07) is 20.2. The first kappa shape index (κ1) is 31.6. The molecule has 3 aromatic carbocycles. The average molecular weight is 572 g/mol. The Kier molecular flexibility index (Phi) is 10.6. The number of alkyl carbamates (subject to hydrolysis) is 1. The van der Waals surface area contributed by atoms with Crippen LogP contribution >= 0.6 is 0 Å². The quantitative estimate of drug-likeness (QED) is 0.228. The van der Waals surface area contributed by atoms with Gasteiger partial charge in [0.05, 0.1) is 7.11 Å². The largest absolute Gasteiger partial charge is 0.508 e. The Bertz CT molecular complexity index is 1400. The van der Waals surface area contributed by atoms with Crippen LogP contribution in [-0.2, 0) is 27.2 Å². The summed E-state index contributed by atoms with van der Waals surface area (Å²) in [6.07, 6.45) is 5.90. The van der Waals surface area contributed by atoms with Gasteiger partial charge in [0, 0.05) is 18.2 Å². The molecule has 0 aliphatic heterocycles. The van der Waals surface area contributed by atoms with Crippen molar-refractivity contribution in [3.05, 3.63) is 89.5 Å². The number of nitrogens with zero attached hydrogens (tertiary/aromatic N) is 1. The van der Waals surface area contributed by atoms with Crippen LogP contribution in [-0.4, -0.2) is 46.7 Å². The van der Waals surface area contributed by atoms with Crippen molar-refractivity contribution in [1.82, 2.24) is 10.2 Å². The van der Waals surface area contributed by atoms with E-state index in [-0.39, 0.29) is 12.2 Å². The highest BCUT2D eigenvalue weighted by molar-refractivity contribution is 5.99. The van der Waals surface area contributed by atoms with E-state index in [1.165, 1.54) is 12.1 Å². The molecule has 3 amide bonds. The molecule has 0 aliphatic rings. The number of benzene rings is 3. The molecule has 2 atom stereocenters. The molecule has 3 rings (SSSR count). The van der Waals surface area contributed by atoms with Crippen molar-refractivity contribution in [2.24, 2.45) is 0 Å². The number of hydrogen-bond donors (Lipinski definition) is 3. The Morgan fingerprint density at radius 1 is 0.952 bits per heavy atom. The average Bonchev–Trinajstić information content (AvgIpc) is 2.95. The van der Waals surface area contributed by atoms with E-state index in [4.69, 9.17) is 15.9 Å². The third kappa shape index (κ3) is 8.77. The molecule has 0 bridgehead atoms. The first-order valence-corrected chi connectivity index (χ1v) is 13.5. The molecular formula is C33H37N3O6. The van der Waals surface area contributed by atoms with Crippen molar-refractivity contribution >= 4 is 23.6 Å². The number of carbonyl (C=O) groups is 3. The number of nitrogens with one attached hydrogen (secondary N) is 2. The Morgan fingerprint density at radius 2 is 1.55 bits per heavy atom. The van der Waals surface area contributed by atoms with Crippen molar-refractivity contribution in [2.45, 2.75) is 58.2 Å². The Labute approximate surface area is 246 Å². The maximum Gasteiger partial charge on any atom is 0.408 e. The highest BCUT2D eigenvalue weighted by Gasteiger charge is 2.36. The standard InChI is InChI=1S/C33H37N3O6/c1-7-22-9-13-24(14-10-22)29(30(38)34-25-15-19-27(41-6)20-16-25)36(8-2)31(39)28(35-32(40)42-33(3,4)5)21-23-11-17-26(37)18-12-23/h2,9-20,28-29,37H,7,21H2,1,3-6H3,(H,34,38)(H,35,40). The van der Waals surface area contributed by atoms with Gasteiger partial charge in [-0.3, -0.25) is 14.5 Å². The van der Waals surface area contributed by atoms with Crippen molar-refractivity contribution in [3.8, 4) is 24.0 Å². The summed E-state index contributed by atoms with van der Waals surface area (Å²) in [7, 11) is 1.54. The summed E-state index contributed by atoms with van der Waals surface area (Å²) in [5.41, 5.74) is 1.84. The molecule has 0 radical (unpaired) electrons. The van der Waals surface area contributed by atoms with E-state index >= 15 is 0 Å². The van der Waals surface area contributed by atoms with Gasteiger partial charge in [0.1, 0.15) is 29.2 Å². The first-order chi connectivity index (χ1) is 19.9. The molecule has 9 nitrogen and oxygen atoms in total. The molecule has 0 saturated carbocycles. The number of aromatic hydroxyl groups is 1. The molecule has 0 fully saturated rings. The highest BCUT2D eigenvalue weighted by atomic mass is 16.6. The van der Waals surface area contributed by atoms with Crippen molar-refractivity contribution in [1.29, 1.82) is 0 Å². The topological polar surface area (TPSA) is 117 Å². The van der Waals surface area contributed by atoms with Gasteiger partial charge >= 0.3 is 6.09 Å². The second kappa shape index (κ2) is 14.1. The van der Waals surface area contributed by atoms with E-state index in [9.17, 15) is 19.5 Å². The number of aryl methyl sites for hydroxylation is 1. The molecule has 2 unspecified atom stereocenters. The number of hydrogen-bond acceptors (Lipinski definition) is 6. The van der Waals surface area contributed by atoms with E-state index in [1.54, 1.807) is 76.4 Å². The minimum absolute atomic E-state index is 0.0259. The second-order valence-corrected chi connectivity index (χ2v) is 10.6. The highest BCUT2D eigenvalue weighted by Crippen LogP contribution is 2.26. The normalized spacial score (nSPS) is 12.3.